The highest BCUT2D eigenvalue weighted by Crippen LogP contribution is 2.46. The van der Waals surface area contributed by atoms with Gasteiger partial charge in [-0.2, -0.15) is 0 Å². The first kappa shape index (κ1) is 19.6. The highest BCUT2D eigenvalue weighted by atomic mass is 19.1. The molecule has 5 aromatic rings. The van der Waals surface area contributed by atoms with Crippen molar-refractivity contribution < 1.29 is 13.6 Å². The number of amides is 1. The third-order valence-electron chi connectivity index (χ3n) is 6.33. The Hall–Kier alpha value is -4.12. The molecule has 1 amide bonds. The lowest BCUT2D eigenvalue weighted by Crippen LogP contribution is -2.28. The lowest BCUT2D eigenvalue weighted by Gasteiger charge is -2.26. The van der Waals surface area contributed by atoms with Crippen molar-refractivity contribution in [3.05, 3.63) is 119 Å². The van der Waals surface area contributed by atoms with E-state index in [0.717, 1.165) is 44.8 Å². The van der Waals surface area contributed by atoms with Crippen molar-refractivity contribution >= 4 is 16.8 Å². The second-order valence-electron chi connectivity index (χ2n) is 8.40. The number of carbonyl (C=O) groups excluding carboxylic acids is 1. The fraction of sp³-hybridized carbons (Fsp3) is 0.107. The minimum absolute atomic E-state index is 0.0278. The number of aryl methyl sites for hydroxylation is 1. The minimum atomic E-state index is -0.310. The van der Waals surface area contributed by atoms with Crippen LogP contribution in [0.2, 0.25) is 0 Å². The third-order valence-corrected chi connectivity index (χ3v) is 6.33. The molecule has 1 atom stereocenters. The van der Waals surface area contributed by atoms with Crippen LogP contribution in [0, 0.1) is 12.7 Å². The number of H-pyrrole nitrogens is 1. The Morgan fingerprint density at radius 1 is 0.939 bits per heavy atom. The Bertz CT molecular complexity index is 1500. The van der Waals surface area contributed by atoms with Gasteiger partial charge < -0.3 is 14.3 Å². The molecule has 162 valence electrons. The van der Waals surface area contributed by atoms with Crippen molar-refractivity contribution in [3.63, 3.8) is 0 Å². The predicted octanol–water partition coefficient (Wildman–Crippen LogP) is 6.62. The number of furan rings is 1. The average molecular weight is 436 g/mol. The topological polar surface area (TPSA) is 49.2 Å². The number of para-hydroxylation sites is 1. The number of nitrogens with one attached hydrogen (secondary N) is 1. The van der Waals surface area contributed by atoms with Crippen LogP contribution in [0.3, 0.4) is 0 Å². The van der Waals surface area contributed by atoms with Crippen LogP contribution in [0.15, 0.2) is 89.3 Å². The van der Waals surface area contributed by atoms with E-state index in [9.17, 15) is 9.18 Å². The molecule has 0 saturated heterocycles. The van der Waals surface area contributed by atoms with E-state index in [0.29, 0.717) is 12.1 Å². The number of hydrogen-bond donors (Lipinski definition) is 1. The van der Waals surface area contributed by atoms with Gasteiger partial charge in [0.1, 0.15) is 17.3 Å². The summed E-state index contributed by atoms with van der Waals surface area (Å²) in [5.41, 5.74) is 5.37. The zero-order valence-electron chi connectivity index (χ0n) is 18.0. The Balaban J connectivity index is 1.60. The van der Waals surface area contributed by atoms with Crippen molar-refractivity contribution in [1.82, 2.24) is 9.88 Å². The molecule has 2 aromatic heterocycles. The number of carbonyl (C=O) groups is 1. The lowest BCUT2D eigenvalue weighted by molar-refractivity contribution is 0.0723. The number of benzene rings is 3. The van der Waals surface area contributed by atoms with Crippen molar-refractivity contribution in [3.8, 4) is 11.3 Å². The van der Waals surface area contributed by atoms with Crippen LogP contribution < -0.4 is 0 Å². The highest BCUT2D eigenvalue weighted by molar-refractivity contribution is 6.02. The van der Waals surface area contributed by atoms with Gasteiger partial charge in [0.2, 0.25) is 0 Å². The molecule has 3 heterocycles. The molecular formula is C28H21FN2O2. The van der Waals surface area contributed by atoms with Crippen LogP contribution >= 0.6 is 0 Å². The second kappa shape index (κ2) is 7.48. The van der Waals surface area contributed by atoms with Gasteiger partial charge in [0.25, 0.3) is 5.91 Å². The molecular weight excluding hydrogens is 415 g/mol. The summed E-state index contributed by atoms with van der Waals surface area (Å²) in [4.78, 5) is 19.0. The molecule has 1 unspecified atom stereocenters. The number of aromatic amines is 1. The monoisotopic (exact) mass is 436 g/mol. The van der Waals surface area contributed by atoms with E-state index in [1.165, 1.54) is 12.1 Å². The lowest BCUT2D eigenvalue weighted by atomic mass is 9.93. The summed E-state index contributed by atoms with van der Waals surface area (Å²) >= 11 is 0. The SMILES string of the molecule is Cc1ccc(CN2C(=O)c3ccccc3C2c2c(-c3ccc(F)cc3)[nH]c3ccccc23)o1. The van der Waals surface area contributed by atoms with Gasteiger partial charge >= 0.3 is 0 Å². The number of aromatic nitrogens is 1. The van der Waals surface area contributed by atoms with Crippen molar-refractivity contribution in [1.29, 1.82) is 0 Å². The number of hydrogen-bond acceptors (Lipinski definition) is 2. The molecule has 0 aliphatic carbocycles. The molecule has 0 fully saturated rings. The van der Waals surface area contributed by atoms with Crippen molar-refractivity contribution in [2.24, 2.45) is 0 Å². The minimum Gasteiger partial charge on any atom is -0.464 e. The number of rotatable bonds is 4. The molecule has 1 N–H and O–H groups in total. The zero-order valence-corrected chi connectivity index (χ0v) is 18.0. The number of nitrogens with zero attached hydrogens (tertiary/aromatic N) is 1. The molecule has 0 saturated carbocycles. The largest absolute Gasteiger partial charge is 0.464 e. The van der Waals surface area contributed by atoms with Crippen LogP contribution in [0.1, 0.15) is 39.0 Å². The molecule has 6 rings (SSSR count). The van der Waals surface area contributed by atoms with Gasteiger partial charge in [-0.05, 0) is 66.6 Å². The quantitative estimate of drug-likeness (QED) is 0.344. The van der Waals surface area contributed by atoms with Gasteiger partial charge in [0.15, 0.2) is 0 Å². The maximum absolute atomic E-state index is 13.7. The summed E-state index contributed by atoms with van der Waals surface area (Å²) in [5, 5.41) is 1.03. The van der Waals surface area contributed by atoms with Gasteiger partial charge in [-0.1, -0.05) is 36.4 Å². The average Bonchev–Trinajstić information content (AvgIpc) is 3.49. The van der Waals surface area contributed by atoms with Crippen molar-refractivity contribution in [2.75, 3.05) is 0 Å². The molecule has 33 heavy (non-hydrogen) atoms. The van der Waals surface area contributed by atoms with Gasteiger partial charge in [-0.3, -0.25) is 4.79 Å². The molecule has 0 radical (unpaired) electrons. The Kier molecular flexibility index (Phi) is 4.44. The maximum Gasteiger partial charge on any atom is 0.255 e. The summed E-state index contributed by atoms with van der Waals surface area (Å²) in [6, 6.07) is 25.8. The molecule has 1 aliphatic heterocycles. The Morgan fingerprint density at radius 2 is 1.70 bits per heavy atom. The van der Waals surface area contributed by atoms with Gasteiger partial charge in [-0.25, -0.2) is 4.39 Å². The van der Waals surface area contributed by atoms with E-state index < -0.39 is 0 Å². The van der Waals surface area contributed by atoms with Gasteiger partial charge in [0.05, 0.1) is 18.3 Å². The fourth-order valence-corrected chi connectivity index (χ4v) is 4.87. The third kappa shape index (κ3) is 3.16. The summed E-state index contributed by atoms with van der Waals surface area (Å²) in [6.07, 6.45) is 0. The smallest absolute Gasteiger partial charge is 0.255 e. The fourth-order valence-electron chi connectivity index (χ4n) is 4.87. The van der Waals surface area contributed by atoms with Crippen LogP contribution in [0.4, 0.5) is 4.39 Å². The Morgan fingerprint density at radius 3 is 2.48 bits per heavy atom. The predicted molar refractivity (Wildman–Crippen MR) is 125 cm³/mol. The van der Waals surface area contributed by atoms with Crippen LogP contribution in [0.25, 0.3) is 22.2 Å². The number of halogens is 1. The van der Waals surface area contributed by atoms with Gasteiger partial charge in [-0.15, -0.1) is 0 Å². The second-order valence-corrected chi connectivity index (χ2v) is 8.40. The summed E-state index contributed by atoms with van der Waals surface area (Å²) < 4.78 is 19.5. The van der Waals surface area contributed by atoms with E-state index >= 15 is 0 Å². The van der Waals surface area contributed by atoms with Crippen molar-refractivity contribution in [2.45, 2.75) is 19.5 Å². The summed E-state index contributed by atoms with van der Waals surface area (Å²) in [6.45, 7) is 2.25. The van der Waals surface area contributed by atoms with E-state index in [1.807, 2.05) is 66.4 Å². The van der Waals surface area contributed by atoms with Crippen LogP contribution in [0.5, 0.6) is 0 Å². The molecule has 4 nitrogen and oxygen atoms in total. The molecule has 5 heteroatoms. The summed E-state index contributed by atoms with van der Waals surface area (Å²) in [7, 11) is 0. The first-order chi connectivity index (χ1) is 16.1. The first-order valence-electron chi connectivity index (χ1n) is 10.9. The molecule has 1 aliphatic rings. The van der Waals surface area contributed by atoms with E-state index in [1.54, 1.807) is 12.1 Å². The highest BCUT2D eigenvalue weighted by Gasteiger charge is 2.40. The van der Waals surface area contributed by atoms with E-state index in [4.69, 9.17) is 4.42 Å². The van der Waals surface area contributed by atoms with Gasteiger partial charge in [0, 0.05) is 22.0 Å². The maximum atomic E-state index is 13.7. The van der Waals surface area contributed by atoms with E-state index in [2.05, 4.69) is 11.1 Å². The normalized spacial score (nSPS) is 15.4. The zero-order chi connectivity index (χ0) is 22.5. The van der Waals surface area contributed by atoms with Crippen LogP contribution in [-0.2, 0) is 6.54 Å². The molecule has 0 spiro atoms. The first-order valence-corrected chi connectivity index (χ1v) is 10.9. The summed E-state index contributed by atoms with van der Waals surface area (Å²) in [5.74, 6) is 1.24. The molecule has 0 bridgehead atoms. The van der Waals surface area contributed by atoms with E-state index in [-0.39, 0.29) is 17.8 Å². The Labute approximate surface area is 190 Å². The molecule has 3 aromatic carbocycles. The van der Waals surface area contributed by atoms with Crippen LogP contribution in [-0.4, -0.2) is 15.8 Å². The standard InChI is InChI=1S/C28H21FN2O2/c1-17-10-15-20(33-17)16-31-27(21-6-2-3-7-22(21)28(31)32)25-23-8-4-5-9-24(23)30-26(25)18-11-13-19(29)14-12-18/h2-15,27,30H,16H2,1H3. The number of fused-ring (bicyclic) bond motifs is 2.